The van der Waals surface area contributed by atoms with Crippen LogP contribution in [0.2, 0.25) is 0 Å². The molecule has 0 aliphatic heterocycles. The second kappa shape index (κ2) is 4.37. The van der Waals surface area contributed by atoms with Gasteiger partial charge in [0.15, 0.2) is 0 Å². The fourth-order valence-electron chi connectivity index (χ4n) is 2.18. The fraction of sp³-hybridized carbons (Fsp3) is 0.250. The first-order valence-corrected chi connectivity index (χ1v) is 6.14. The van der Waals surface area contributed by atoms with Gasteiger partial charge in [-0.1, -0.05) is 45.0 Å². The highest BCUT2D eigenvalue weighted by molar-refractivity contribution is 5.81. The summed E-state index contributed by atoms with van der Waals surface area (Å²) in [4.78, 5) is 0. The average molecular weight is 240 g/mol. The van der Waals surface area contributed by atoms with Crippen LogP contribution in [-0.4, -0.2) is 0 Å². The van der Waals surface area contributed by atoms with E-state index in [-0.39, 0.29) is 5.41 Å². The molecule has 0 heterocycles. The molecule has 2 heteroatoms. The molecular weight excluding hydrogens is 220 g/mol. The number of nitrogen functional groups attached to an aromatic ring is 2. The van der Waals surface area contributed by atoms with Gasteiger partial charge in [0.25, 0.3) is 0 Å². The molecule has 0 aliphatic carbocycles. The van der Waals surface area contributed by atoms with Crippen LogP contribution in [0.25, 0.3) is 11.1 Å². The van der Waals surface area contributed by atoms with Crippen molar-refractivity contribution >= 4 is 11.4 Å². The molecule has 0 aromatic heterocycles. The van der Waals surface area contributed by atoms with Gasteiger partial charge in [0.2, 0.25) is 0 Å². The Morgan fingerprint density at radius 3 is 2.17 bits per heavy atom. The summed E-state index contributed by atoms with van der Waals surface area (Å²) in [5, 5.41) is 0. The molecule has 2 aromatic rings. The van der Waals surface area contributed by atoms with E-state index in [1.165, 1.54) is 5.56 Å². The minimum atomic E-state index is 0.0770. The van der Waals surface area contributed by atoms with Crippen LogP contribution in [0.4, 0.5) is 11.4 Å². The van der Waals surface area contributed by atoms with Crippen LogP contribution >= 0.6 is 0 Å². The van der Waals surface area contributed by atoms with Gasteiger partial charge in [0, 0.05) is 16.9 Å². The molecule has 0 bridgehead atoms. The van der Waals surface area contributed by atoms with Gasteiger partial charge >= 0.3 is 0 Å². The molecule has 0 saturated heterocycles. The summed E-state index contributed by atoms with van der Waals surface area (Å²) in [5.74, 6) is 0. The summed E-state index contributed by atoms with van der Waals surface area (Å²) in [6.07, 6.45) is 0. The van der Waals surface area contributed by atoms with E-state index in [4.69, 9.17) is 11.5 Å². The molecule has 0 fully saturated rings. The van der Waals surface area contributed by atoms with E-state index < -0.39 is 0 Å². The van der Waals surface area contributed by atoms with Gasteiger partial charge in [0.1, 0.15) is 0 Å². The molecule has 0 atom stereocenters. The number of rotatable bonds is 1. The van der Waals surface area contributed by atoms with Crippen LogP contribution in [-0.2, 0) is 5.41 Å². The molecule has 18 heavy (non-hydrogen) atoms. The van der Waals surface area contributed by atoms with Gasteiger partial charge in [-0.25, -0.2) is 0 Å². The van der Waals surface area contributed by atoms with Crippen molar-refractivity contribution in [2.24, 2.45) is 0 Å². The number of anilines is 2. The molecule has 2 aromatic carbocycles. The third-order valence-electron chi connectivity index (χ3n) is 3.10. The Balaban J connectivity index is 2.68. The highest BCUT2D eigenvalue weighted by Crippen LogP contribution is 2.36. The molecule has 0 radical (unpaired) electrons. The van der Waals surface area contributed by atoms with Crippen LogP contribution in [0.1, 0.15) is 26.3 Å². The van der Waals surface area contributed by atoms with Crippen LogP contribution in [0, 0.1) is 0 Å². The van der Waals surface area contributed by atoms with Gasteiger partial charge in [0.05, 0.1) is 0 Å². The molecular formula is C16H20N2. The average Bonchev–Trinajstić information content (AvgIpc) is 2.31. The number of hydrogen-bond donors (Lipinski definition) is 2. The fourth-order valence-corrected chi connectivity index (χ4v) is 2.18. The summed E-state index contributed by atoms with van der Waals surface area (Å²) in [6.45, 7) is 6.61. The van der Waals surface area contributed by atoms with Crippen molar-refractivity contribution in [3.63, 3.8) is 0 Å². The smallest absolute Gasteiger partial charge is 0.0395 e. The zero-order valence-corrected chi connectivity index (χ0v) is 11.2. The van der Waals surface area contributed by atoms with E-state index in [1.807, 2.05) is 24.3 Å². The van der Waals surface area contributed by atoms with Gasteiger partial charge in [-0.15, -0.1) is 0 Å². The minimum Gasteiger partial charge on any atom is -0.399 e. The number of hydrogen-bond acceptors (Lipinski definition) is 2. The van der Waals surface area contributed by atoms with Crippen LogP contribution in [0.3, 0.4) is 0 Å². The maximum atomic E-state index is 6.08. The zero-order valence-electron chi connectivity index (χ0n) is 11.2. The lowest BCUT2D eigenvalue weighted by Gasteiger charge is -2.23. The maximum absolute atomic E-state index is 6.08. The van der Waals surface area contributed by atoms with Gasteiger partial charge in [-0.05, 0) is 34.7 Å². The number of benzene rings is 2. The molecule has 0 aliphatic rings. The third kappa shape index (κ3) is 2.33. The van der Waals surface area contributed by atoms with E-state index in [2.05, 4.69) is 39.0 Å². The number of nitrogens with two attached hydrogens (primary N) is 2. The Kier molecular flexibility index (Phi) is 3.04. The van der Waals surface area contributed by atoms with Crippen LogP contribution in [0.5, 0.6) is 0 Å². The largest absolute Gasteiger partial charge is 0.399 e. The summed E-state index contributed by atoms with van der Waals surface area (Å²) < 4.78 is 0. The van der Waals surface area contributed by atoms with E-state index in [0.29, 0.717) is 0 Å². The molecule has 0 unspecified atom stereocenters. The Bertz CT molecular complexity index is 566. The van der Waals surface area contributed by atoms with Crippen LogP contribution < -0.4 is 11.5 Å². The lowest BCUT2D eigenvalue weighted by Crippen LogP contribution is -2.13. The van der Waals surface area contributed by atoms with E-state index in [0.717, 1.165) is 22.5 Å². The lowest BCUT2D eigenvalue weighted by molar-refractivity contribution is 0.592. The highest BCUT2D eigenvalue weighted by atomic mass is 14.6. The standard InChI is InChI=1S/C16H20N2/c1-16(2,3)14-7-5-4-6-12(14)13-10-11(17)8-9-15(13)18/h4-10H,17-18H2,1-3H3. The monoisotopic (exact) mass is 240 g/mol. The molecule has 4 N–H and O–H groups in total. The summed E-state index contributed by atoms with van der Waals surface area (Å²) in [7, 11) is 0. The first kappa shape index (κ1) is 12.5. The Hall–Kier alpha value is -1.96. The van der Waals surface area contributed by atoms with E-state index in [1.54, 1.807) is 0 Å². The van der Waals surface area contributed by atoms with E-state index in [9.17, 15) is 0 Å². The second-order valence-electron chi connectivity index (χ2n) is 5.64. The van der Waals surface area contributed by atoms with Gasteiger partial charge in [-0.3, -0.25) is 0 Å². The SMILES string of the molecule is CC(C)(C)c1ccccc1-c1cc(N)ccc1N. The van der Waals surface area contributed by atoms with Crippen molar-refractivity contribution < 1.29 is 0 Å². The topological polar surface area (TPSA) is 52.0 Å². The minimum absolute atomic E-state index is 0.0770. The Morgan fingerprint density at radius 2 is 1.50 bits per heavy atom. The van der Waals surface area contributed by atoms with E-state index >= 15 is 0 Å². The van der Waals surface area contributed by atoms with Crippen molar-refractivity contribution in [3.05, 3.63) is 48.0 Å². The summed E-state index contributed by atoms with van der Waals surface area (Å²) >= 11 is 0. The first-order valence-electron chi connectivity index (χ1n) is 6.14. The van der Waals surface area contributed by atoms with Gasteiger partial charge < -0.3 is 11.5 Å². The summed E-state index contributed by atoms with van der Waals surface area (Å²) in [5.41, 5.74) is 17.0. The van der Waals surface area contributed by atoms with Gasteiger partial charge in [-0.2, -0.15) is 0 Å². The van der Waals surface area contributed by atoms with Crippen molar-refractivity contribution in [1.82, 2.24) is 0 Å². The highest BCUT2D eigenvalue weighted by Gasteiger charge is 2.19. The van der Waals surface area contributed by atoms with Crippen LogP contribution in [0.15, 0.2) is 42.5 Å². The maximum Gasteiger partial charge on any atom is 0.0395 e. The molecule has 2 nitrogen and oxygen atoms in total. The normalized spacial score (nSPS) is 11.5. The Morgan fingerprint density at radius 1 is 0.833 bits per heavy atom. The van der Waals surface area contributed by atoms with Crippen molar-refractivity contribution in [1.29, 1.82) is 0 Å². The lowest BCUT2D eigenvalue weighted by atomic mass is 9.81. The second-order valence-corrected chi connectivity index (χ2v) is 5.64. The first-order chi connectivity index (χ1) is 8.39. The quantitative estimate of drug-likeness (QED) is 0.745. The predicted octanol–water partition coefficient (Wildman–Crippen LogP) is 3.82. The Labute approximate surface area is 109 Å². The molecule has 0 saturated carbocycles. The zero-order chi connectivity index (χ0) is 13.3. The third-order valence-corrected chi connectivity index (χ3v) is 3.10. The molecule has 0 amide bonds. The predicted molar refractivity (Wildman–Crippen MR) is 79.4 cm³/mol. The molecule has 2 rings (SSSR count). The molecule has 94 valence electrons. The van der Waals surface area contributed by atoms with Crippen molar-refractivity contribution in [2.45, 2.75) is 26.2 Å². The van der Waals surface area contributed by atoms with Crippen molar-refractivity contribution in [3.8, 4) is 11.1 Å². The van der Waals surface area contributed by atoms with Crippen molar-refractivity contribution in [2.75, 3.05) is 11.5 Å². The molecule has 0 spiro atoms. The summed E-state index contributed by atoms with van der Waals surface area (Å²) in [6, 6.07) is 14.0.